The second kappa shape index (κ2) is 6.18. The SMILES string of the molecule is CCn1ccc(C(=O)Nc2sccc2-c2nc3ccccc3s2)n1. The number of amides is 1. The molecule has 0 spiro atoms. The van der Waals surface area contributed by atoms with Crippen LogP contribution in [0.2, 0.25) is 0 Å². The predicted octanol–water partition coefficient (Wildman–Crippen LogP) is 4.49. The fourth-order valence-corrected chi connectivity index (χ4v) is 4.23. The molecule has 3 heterocycles. The highest BCUT2D eigenvalue weighted by molar-refractivity contribution is 7.22. The van der Waals surface area contributed by atoms with Gasteiger partial charge in [-0.2, -0.15) is 5.10 Å². The van der Waals surface area contributed by atoms with E-state index in [0.29, 0.717) is 5.69 Å². The third-order valence-corrected chi connectivity index (χ3v) is 5.51. The number of aromatic nitrogens is 3. The molecule has 0 fully saturated rings. The van der Waals surface area contributed by atoms with Crippen LogP contribution in [0.25, 0.3) is 20.8 Å². The molecule has 3 aromatic heterocycles. The van der Waals surface area contributed by atoms with E-state index in [1.165, 1.54) is 11.3 Å². The van der Waals surface area contributed by atoms with Crippen molar-refractivity contribution < 1.29 is 4.79 Å². The van der Waals surface area contributed by atoms with Gasteiger partial charge in [0.25, 0.3) is 5.91 Å². The molecule has 1 N–H and O–H groups in total. The van der Waals surface area contributed by atoms with Gasteiger partial charge in [0, 0.05) is 18.3 Å². The smallest absolute Gasteiger partial charge is 0.276 e. The molecule has 0 radical (unpaired) electrons. The fraction of sp³-hybridized carbons (Fsp3) is 0.118. The van der Waals surface area contributed by atoms with E-state index in [1.807, 2.05) is 36.6 Å². The summed E-state index contributed by atoms with van der Waals surface area (Å²) in [5.74, 6) is -0.202. The van der Waals surface area contributed by atoms with E-state index in [0.717, 1.165) is 32.3 Å². The number of thiazole rings is 1. The van der Waals surface area contributed by atoms with Gasteiger partial charge in [-0.1, -0.05) is 12.1 Å². The van der Waals surface area contributed by atoms with Gasteiger partial charge in [-0.05, 0) is 36.6 Å². The van der Waals surface area contributed by atoms with Crippen LogP contribution in [0.3, 0.4) is 0 Å². The summed E-state index contributed by atoms with van der Waals surface area (Å²) in [6.45, 7) is 2.72. The lowest BCUT2D eigenvalue weighted by molar-refractivity contribution is 0.102. The Morgan fingerprint density at radius 2 is 2.12 bits per heavy atom. The van der Waals surface area contributed by atoms with Crippen molar-refractivity contribution in [2.24, 2.45) is 0 Å². The number of thiophene rings is 1. The van der Waals surface area contributed by atoms with Crippen molar-refractivity contribution in [2.75, 3.05) is 5.32 Å². The average Bonchev–Trinajstić information content (AvgIpc) is 3.32. The van der Waals surface area contributed by atoms with Crippen molar-refractivity contribution in [3.63, 3.8) is 0 Å². The van der Waals surface area contributed by atoms with E-state index in [-0.39, 0.29) is 5.91 Å². The Morgan fingerprint density at radius 1 is 1.25 bits per heavy atom. The zero-order valence-corrected chi connectivity index (χ0v) is 14.5. The standard InChI is InChI=1S/C17H14N4OS2/c1-2-21-9-7-13(20-21)15(22)19-16-11(8-10-23-16)17-18-12-5-3-4-6-14(12)24-17/h3-10H,2H2,1H3,(H,19,22). The lowest BCUT2D eigenvalue weighted by Gasteiger charge is -2.02. The van der Waals surface area contributed by atoms with Crippen molar-refractivity contribution in [1.82, 2.24) is 14.8 Å². The van der Waals surface area contributed by atoms with Crippen LogP contribution in [-0.4, -0.2) is 20.7 Å². The summed E-state index contributed by atoms with van der Waals surface area (Å²) in [7, 11) is 0. The summed E-state index contributed by atoms with van der Waals surface area (Å²) in [6.07, 6.45) is 1.80. The number of nitrogens with one attached hydrogen (secondary N) is 1. The van der Waals surface area contributed by atoms with E-state index >= 15 is 0 Å². The second-order valence-electron chi connectivity index (χ2n) is 5.16. The Balaban J connectivity index is 1.63. The molecule has 0 unspecified atom stereocenters. The van der Waals surface area contributed by atoms with Gasteiger partial charge in [0.15, 0.2) is 5.69 Å². The number of hydrogen-bond donors (Lipinski definition) is 1. The molecule has 4 rings (SSSR count). The van der Waals surface area contributed by atoms with Crippen molar-refractivity contribution >= 4 is 43.8 Å². The van der Waals surface area contributed by atoms with Crippen LogP contribution < -0.4 is 5.32 Å². The first-order valence-corrected chi connectivity index (χ1v) is 9.22. The highest BCUT2D eigenvalue weighted by Crippen LogP contribution is 2.37. The molecule has 0 atom stereocenters. The van der Waals surface area contributed by atoms with Crippen LogP contribution in [0.1, 0.15) is 17.4 Å². The van der Waals surface area contributed by atoms with Gasteiger partial charge in [0.1, 0.15) is 10.0 Å². The Bertz CT molecular complexity index is 981. The summed E-state index contributed by atoms with van der Waals surface area (Å²) < 4.78 is 2.87. The molecule has 0 saturated carbocycles. The molecule has 7 heteroatoms. The van der Waals surface area contributed by atoms with Crippen molar-refractivity contribution in [3.05, 3.63) is 53.7 Å². The highest BCUT2D eigenvalue weighted by Gasteiger charge is 2.16. The van der Waals surface area contributed by atoms with Gasteiger partial charge in [-0.3, -0.25) is 9.48 Å². The van der Waals surface area contributed by atoms with Gasteiger partial charge < -0.3 is 5.32 Å². The minimum absolute atomic E-state index is 0.202. The molecule has 5 nitrogen and oxygen atoms in total. The number of carbonyl (C=O) groups is 1. The molecule has 24 heavy (non-hydrogen) atoms. The number of benzene rings is 1. The Morgan fingerprint density at radius 3 is 2.92 bits per heavy atom. The lowest BCUT2D eigenvalue weighted by atomic mass is 10.3. The molecule has 120 valence electrons. The number of nitrogens with zero attached hydrogens (tertiary/aromatic N) is 3. The summed E-state index contributed by atoms with van der Waals surface area (Å²) in [4.78, 5) is 17.1. The Kier molecular flexibility index (Phi) is 3.87. The quantitative estimate of drug-likeness (QED) is 0.587. The Hall–Kier alpha value is -2.51. The first kappa shape index (κ1) is 15.0. The third kappa shape index (κ3) is 2.72. The first-order valence-electron chi connectivity index (χ1n) is 7.53. The minimum Gasteiger partial charge on any atom is -0.312 e. The molecule has 0 aliphatic carbocycles. The maximum Gasteiger partial charge on any atom is 0.276 e. The number of hydrogen-bond acceptors (Lipinski definition) is 5. The zero-order valence-electron chi connectivity index (χ0n) is 12.9. The molecule has 1 amide bonds. The predicted molar refractivity (Wildman–Crippen MR) is 98.8 cm³/mol. The maximum absolute atomic E-state index is 12.4. The number of aryl methyl sites for hydroxylation is 1. The number of rotatable bonds is 4. The topological polar surface area (TPSA) is 59.8 Å². The van der Waals surface area contributed by atoms with E-state index in [2.05, 4.69) is 21.5 Å². The largest absolute Gasteiger partial charge is 0.312 e. The molecular weight excluding hydrogens is 340 g/mol. The third-order valence-electron chi connectivity index (χ3n) is 3.61. The van der Waals surface area contributed by atoms with Crippen LogP contribution in [-0.2, 0) is 6.54 Å². The molecule has 0 aliphatic heterocycles. The monoisotopic (exact) mass is 354 g/mol. The average molecular weight is 354 g/mol. The van der Waals surface area contributed by atoms with Crippen molar-refractivity contribution in [3.8, 4) is 10.6 Å². The van der Waals surface area contributed by atoms with Crippen LogP contribution >= 0.6 is 22.7 Å². The van der Waals surface area contributed by atoms with Gasteiger partial charge in [0.2, 0.25) is 0 Å². The first-order chi connectivity index (χ1) is 11.7. The maximum atomic E-state index is 12.4. The highest BCUT2D eigenvalue weighted by atomic mass is 32.1. The van der Waals surface area contributed by atoms with E-state index in [9.17, 15) is 4.79 Å². The number of fused-ring (bicyclic) bond motifs is 1. The van der Waals surface area contributed by atoms with E-state index < -0.39 is 0 Å². The molecule has 0 aliphatic rings. The summed E-state index contributed by atoms with van der Waals surface area (Å²) in [5, 5.41) is 10.9. The van der Waals surface area contributed by atoms with Crippen molar-refractivity contribution in [1.29, 1.82) is 0 Å². The molecule has 0 saturated heterocycles. The lowest BCUT2D eigenvalue weighted by Crippen LogP contribution is -2.13. The van der Waals surface area contributed by atoms with E-state index in [1.54, 1.807) is 28.3 Å². The van der Waals surface area contributed by atoms with Crippen LogP contribution in [0, 0.1) is 0 Å². The molecule has 1 aromatic carbocycles. The summed E-state index contributed by atoms with van der Waals surface area (Å²) >= 11 is 3.11. The van der Waals surface area contributed by atoms with E-state index in [4.69, 9.17) is 0 Å². The Labute approximate surface area is 146 Å². The number of carbonyl (C=O) groups excluding carboxylic acids is 1. The minimum atomic E-state index is -0.202. The molecule has 0 bridgehead atoms. The van der Waals surface area contributed by atoms with Crippen LogP contribution in [0.5, 0.6) is 0 Å². The summed E-state index contributed by atoms with van der Waals surface area (Å²) in [5.41, 5.74) is 2.34. The summed E-state index contributed by atoms with van der Waals surface area (Å²) in [6, 6.07) is 11.7. The zero-order chi connectivity index (χ0) is 16.5. The van der Waals surface area contributed by atoms with Gasteiger partial charge in [-0.15, -0.1) is 22.7 Å². The molecular formula is C17H14N4OS2. The normalized spacial score (nSPS) is 11.0. The second-order valence-corrected chi connectivity index (χ2v) is 7.11. The van der Waals surface area contributed by atoms with Crippen LogP contribution in [0.15, 0.2) is 48.0 Å². The van der Waals surface area contributed by atoms with Crippen molar-refractivity contribution in [2.45, 2.75) is 13.5 Å². The fourth-order valence-electron chi connectivity index (χ4n) is 2.39. The van der Waals surface area contributed by atoms with Gasteiger partial charge in [-0.25, -0.2) is 4.98 Å². The number of anilines is 1. The number of para-hydroxylation sites is 1. The molecule has 4 aromatic rings. The van der Waals surface area contributed by atoms with Crippen LogP contribution in [0.4, 0.5) is 5.00 Å². The van der Waals surface area contributed by atoms with Gasteiger partial charge >= 0.3 is 0 Å². The van der Waals surface area contributed by atoms with Gasteiger partial charge in [0.05, 0.1) is 10.2 Å².